The van der Waals surface area contributed by atoms with Crippen LogP contribution in [0.1, 0.15) is 36.7 Å². The molecule has 0 aliphatic rings. The van der Waals surface area contributed by atoms with Crippen LogP contribution in [0.5, 0.6) is 11.5 Å². The molecule has 1 amide bonds. The number of carbonyl (C=O) groups is 2. The number of benzene rings is 2. The maximum absolute atomic E-state index is 12.3. The zero-order chi connectivity index (χ0) is 21.2. The molecule has 29 heavy (non-hydrogen) atoms. The molecular weight excluding hydrogens is 372 g/mol. The molecule has 0 aliphatic heterocycles. The summed E-state index contributed by atoms with van der Waals surface area (Å²) in [6.45, 7) is 6.36. The Morgan fingerprint density at radius 1 is 1.10 bits per heavy atom. The van der Waals surface area contributed by atoms with Gasteiger partial charge in [-0.3, -0.25) is 4.79 Å². The minimum Gasteiger partial charge on any atom is -0.490 e. The van der Waals surface area contributed by atoms with Crippen molar-refractivity contribution in [2.75, 3.05) is 25.1 Å². The number of anilines is 1. The highest BCUT2D eigenvalue weighted by atomic mass is 16.5. The quantitative estimate of drug-likeness (QED) is 0.648. The molecule has 0 aliphatic carbocycles. The Kier molecular flexibility index (Phi) is 8.04. The van der Waals surface area contributed by atoms with Crippen LogP contribution < -0.4 is 14.8 Å². The lowest BCUT2D eigenvalue weighted by Gasteiger charge is -2.14. The van der Waals surface area contributed by atoms with Crippen molar-refractivity contribution in [1.82, 2.24) is 0 Å². The van der Waals surface area contributed by atoms with Gasteiger partial charge >= 0.3 is 5.97 Å². The third-order valence-electron chi connectivity index (χ3n) is 3.71. The molecule has 0 heterocycles. The van der Waals surface area contributed by atoms with Crippen molar-refractivity contribution in [2.24, 2.45) is 5.92 Å². The van der Waals surface area contributed by atoms with Gasteiger partial charge in [-0.1, -0.05) is 26.0 Å². The average Bonchev–Trinajstić information content (AvgIpc) is 2.71. The standard InChI is InChI=1S/C22H24N2O5/c1-4-27-20-11-16(9-10-19(20)28-13-15(2)3)22(26)29-14-21(25)24-18-8-6-5-7-17(18)12-23/h5-11,15H,4,13-14H2,1-3H3,(H,24,25). The molecule has 0 radical (unpaired) electrons. The van der Waals surface area contributed by atoms with E-state index in [0.717, 1.165) is 0 Å². The summed E-state index contributed by atoms with van der Waals surface area (Å²) < 4.78 is 16.3. The predicted octanol–water partition coefficient (Wildman–Crippen LogP) is 3.79. The number of nitrogens with zero attached hydrogens (tertiary/aromatic N) is 1. The Morgan fingerprint density at radius 3 is 2.55 bits per heavy atom. The maximum Gasteiger partial charge on any atom is 0.338 e. The molecular formula is C22H24N2O5. The van der Waals surface area contributed by atoms with E-state index in [9.17, 15) is 9.59 Å². The second-order valence-electron chi connectivity index (χ2n) is 6.58. The lowest BCUT2D eigenvalue weighted by molar-refractivity contribution is -0.119. The summed E-state index contributed by atoms with van der Waals surface area (Å²) in [5.41, 5.74) is 0.933. The molecule has 0 spiro atoms. The second-order valence-corrected chi connectivity index (χ2v) is 6.58. The number of esters is 1. The Bertz CT molecular complexity index is 902. The fraction of sp³-hybridized carbons (Fsp3) is 0.318. The number of amides is 1. The Hall–Kier alpha value is -3.53. The van der Waals surface area contributed by atoms with Crippen LogP contribution in [0.2, 0.25) is 0 Å². The number of nitriles is 1. The fourth-order valence-corrected chi connectivity index (χ4v) is 2.37. The summed E-state index contributed by atoms with van der Waals surface area (Å²) in [6.07, 6.45) is 0. The minimum absolute atomic E-state index is 0.246. The first kappa shape index (κ1) is 21.8. The smallest absolute Gasteiger partial charge is 0.338 e. The summed E-state index contributed by atoms with van der Waals surface area (Å²) in [6, 6.07) is 13.3. The van der Waals surface area contributed by atoms with Crippen LogP contribution in [-0.2, 0) is 9.53 Å². The van der Waals surface area contributed by atoms with E-state index in [0.29, 0.717) is 41.9 Å². The van der Waals surface area contributed by atoms with Crippen molar-refractivity contribution in [3.05, 3.63) is 53.6 Å². The molecule has 152 valence electrons. The van der Waals surface area contributed by atoms with E-state index in [2.05, 4.69) is 5.32 Å². The first-order valence-corrected chi connectivity index (χ1v) is 9.30. The number of hydrogen-bond donors (Lipinski definition) is 1. The van der Waals surface area contributed by atoms with Gasteiger partial charge in [-0.05, 0) is 43.2 Å². The van der Waals surface area contributed by atoms with Gasteiger partial charge in [0.05, 0.1) is 30.0 Å². The van der Waals surface area contributed by atoms with E-state index >= 15 is 0 Å². The summed E-state index contributed by atoms with van der Waals surface area (Å²) in [4.78, 5) is 24.4. The molecule has 0 fully saturated rings. The number of para-hydroxylation sites is 1. The Labute approximate surface area is 170 Å². The average molecular weight is 396 g/mol. The monoisotopic (exact) mass is 396 g/mol. The lowest BCUT2D eigenvalue weighted by Crippen LogP contribution is -2.21. The highest BCUT2D eigenvalue weighted by Crippen LogP contribution is 2.29. The van der Waals surface area contributed by atoms with Crippen molar-refractivity contribution in [3.8, 4) is 17.6 Å². The Balaban J connectivity index is 2.00. The number of rotatable bonds is 9. The molecule has 2 aromatic carbocycles. The van der Waals surface area contributed by atoms with Gasteiger partial charge in [0.2, 0.25) is 0 Å². The summed E-state index contributed by atoms with van der Waals surface area (Å²) >= 11 is 0. The van der Waals surface area contributed by atoms with E-state index in [1.807, 2.05) is 26.8 Å². The van der Waals surface area contributed by atoms with Crippen molar-refractivity contribution < 1.29 is 23.8 Å². The zero-order valence-electron chi connectivity index (χ0n) is 16.7. The molecule has 7 nitrogen and oxygen atoms in total. The van der Waals surface area contributed by atoms with Gasteiger partial charge in [-0.2, -0.15) is 5.26 Å². The molecule has 2 rings (SSSR count). The molecule has 1 N–H and O–H groups in total. The maximum atomic E-state index is 12.3. The highest BCUT2D eigenvalue weighted by molar-refractivity contribution is 5.96. The first-order valence-electron chi connectivity index (χ1n) is 9.30. The number of nitrogens with one attached hydrogen (secondary N) is 1. The second kappa shape index (κ2) is 10.7. The van der Waals surface area contributed by atoms with Gasteiger partial charge in [0.25, 0.3) is 5.91 Å². The van der Waals surface area contributed by atoms with Crippen LogP contribution in [0.3, 0.4) is 0 Å². The summed E-state index contributed by atoms with van der Waals surface area (Å²) in [7, 11) is 0. The number of ether oxygens (including phenoxy) is 3. The summed E-state index contributed by atoms with van der Waals surface area (Å²) in [5, 5.41) is 11.6. The van der Waals surface area contributed by atoms with Crippen LogP contribution in [0, 0.1) is 17.2 Å². The molecule has 7 heteroatoms. The Morgan fingerprint density at radius 2 is 1.86 bits per heavy atom. The highest BCUT2D eigenvalue weighted by Gasteiger charge is 2.15. The molecule has 2 aromatic rings. The summed E-state index contributed by atoms with van der Waals surface area (Å²) in [5.74, 6) is 0.129. The van der Waals surface area contributed by atoms with Crippen molar-refractivity contribution in [2.45, 2.75) is 20.8 Å². The number of hydrogen-bond acceptors (Lipinski definition) is 6. The van der Waals surface area contributed by atoms with Crippen LogP contribution in [0.15, 0.2) is 42.5 Å². The first-order chi connectivity index (χ1) is 13.9. The molecule has 0 saturated carbocycles. The van der Waals surface area contributed by atoms with Crippen LogP contribution in [0.25, 0.3) is 0 Å². The normalized spacial score (nSPS) is 10.2. The molecule has 0 atom stereocenters. The minimum atomic E-state index is -0.662. The van der Waals surface area contributed by atoms with Gasteiger partial charge in [-0.25, -0.2) is 4.79 Å². The van der Waals surface area contributed by atoms with Crippen molar-refractivity contribution >= 4 is 17.6 Å². The van der Waals surface area contributed by atoms with Crippen molar-refractivity contribution in [1.29, 1.82) is 5.26 Å². The largest absolute Gasteiger partial charge is 0.490 e. The van der Waals surface area contributed by atoms with Gasteiger partial charge in [0.15, 0.2) is 18.1 Å². The van der Waals surface area contributed by atoms with Crippen LogP contribution in [-0.4, -0.2) is 31.7 Å². The lowest BCUT2D eigenvalue weighted by atomic mass is 10.2. The van der Waals surface area contributed by atoms with Crippen LogP contribution in [0.4, 0.5) is 5.69 Å². The van der Waals surface area contributed by atoms with Gasteiger partial charge in [0, 0.05) is 0 Å². The third kappa shape index (κ3) is 6.54. The van der Waals surface area contributed by atoms with Gasteiger partial charge in [0.1, 0.15) is 6.07 Å². The van der Waals surface area contributed by atoms with E-state index in [1.165, 1.54) is 6.07 Å². The van der Waals surface area contributed by atoms with Crippen LogP contribution >= 0.6 is 0 Å². The SMILES string of the molecule is CCOc1cc(C(=O)OCC(=O)Nc2ccccc2C#N)ccc1OCC(C)C. The molecule has 0 saturated heterocycles. The van der Waals surface area contributed by atoms with Gasteiger partial charge in [-0.15, -0.1) is 0 Å². The third-order valence-corrected chi connectivity index (χ3v) is 3.71. The van der Waals surface area contributed by atoms with Gasteiger partial charge < -0.3 is 19.5 Å². The number of carbonyl (C=O) groups excluding carboxylic acids is 2. The topological polar surface area (TPSA) is 97.6 Å². The molecule has 0 aromatic heterocycles. The predicted molar refractivity (Wildman–Crippen MR) is 108 cm³/mol. The van der Waals surface area contributed by atoms with E-state index in [1.54, 1.807) is 36.4 Å². The van der Waals surface area contributed by atoms with E-state index in [-0.39, 0.29) is 5.56 Å². The molecule has 0 unspecified atom stereocenters. The molecule has 0 bridgehead atoms. The van der Waals surface area contributed by atoms with Crippen molar-refractivity contribution in [3.63, 3.8) is 0 Å². The zero-order valence-corrected chi connectivity index (χ0v) is 16.7. The fourth-order valence-electron chi connectivity index (χ4n) is 2.37. The van der Waals surface area contributed by atoms with E-state index in [4.69, 9.17) is 19.5 Å². The van der Waals surface area contributed by atoms with E-state index < -0.39 is 18.5 Å².